The number of imidazole rings is 1. The number of para-hydroxylation sites is 2. The Morgan fingerprint density at radius 1 is 1.05 bits per heavy atom. The monoisotopic (exact) mass is 264 g/mol. The Hall–Kier alpha value is -2.33. The van der Waals surface area contributed by atoms with Crippen LogP contribution in [0, 0.1) is 0 Å². The van der Waals surface area contributed by atoms with Gasteiger partial charge in [-0.05, 0) is 28.8 Å². The zero-order chi connectivity index (χ0) is 13.4. The van der Waals surface area contributed by atoms with Crippen molar-refractivity contribution in [3.63, 3.8) is 0 Å². The van der Waals surface area contributed by atoms with Crippen molar-refractivity contribution in [1.82, 2.24) is 15.3 Å². The summed E-state index contributed by atoms with van der Waals surface area (Å²) >= 11 is 0. The molecule has 1 aromatic heterocycles. The van der Waals surface area contributed by atoms with E-state index >= 15 is 0 Å². The van der Waals surface area contributed by atoms with Crippen LogP contribution in [0.1, 0.15) is 16.7 Å². The molecule has 0 atom stereocenters. The van der Waals surface area contributed by atoms with E-state index in [1.165, 1.54) is 16.7 Å². The first-order valence-corrected chi connectivity index (χ1v) is 6.88. The van der Waals surface area contributed by atoms with Gasteiger partial charge in [-0.25, -0.2) is 4.98 Å². The molecule has 0 spiro atoms. The molecule has 20 heavy (non-hydrogen) atoms. The Morgan fingerprint density at radius 2 is 1.95 bits per heavy atom. The molecule has 0 amide bonds. The van der Waals surface area contributed by atoms with Crippen molar-refractivity contribution in [2.24, 2.45) is 0 Å². The average Bonchev–Trinajstić information content (AvgIpc) is 3.10. The summed E-state index contributed by atoms with van der Waals surface area (Å²) in [6, 6.07) is 14.7. The molecule has 1 aliphatic rings. The number of aromatic nitrogens is 2. The summed E-state index contributed by atoms with van der Waals surface area (Å²) in [6.07, 6.45) is 0. The molecule has 2 aromatic carbocycles. The molecule has 4 nitrogen and oxygen atoms in total. The van der Waals surface area contributed by atoms with Crippen LogP contribution in [0.15, 0.2) is 42.5 Å². The molecule has 1 aliphatic heterocycles. The van der Waals surface area contributed by atoms with Crippen LogP contribution in [0.25, 0.3) is 11.0 Å². The number of rotatable bonds is 3. The predicted octanol–water partition coefficient (Wildman–Crippen LogP) is 2.78. The SMILES string of the molecule is c1ccc2[nH]c(NCc3ccc4c(c3)CNC4)nc2c1. The predicted molar refractivity (Wildman–Crippen MR) is 80.4 cm³/mol. The van der Waals surface area contributed by atoms with Crippen LogP contribution in [0.2, 0.25) is 0 Å². The van der Waals surface area contributed by atoms with Crippen molar-refractivity contribution in [3.05, 3.63) is 59.2 Å². The standard InChI is InChI=1S/C16H16N4/c1-2-4-15-14(3-1)19-16(20-15)18-8-11-5-6-12-9-17-10-13(12)7-11/h1-7,17H,8-10H2,(H2,18,19,20). The second-order valence-electron chi connectivity index (χ2n) is 5.16. The Bertz CT molecular complexity index is 727. The van der Waals surface area contributed by atoms with Gasteiger partial charge in [0.05, 0.1) is 11.0 Å². The molecule has 3 aromatic rings. The van der Waals surface area contributed by atoms with Crippen molar-refractivity contribution in [2.75, 3.05) is 5.32 Å². The van der Waals surface area contributed by atoms with E-state index in [1.54, 1.807) is 0 Å². The molecule has 0 radical (unpaired) electrons. The molecule has 0 saturated carbocycles. The molecule has 0 aliphatic carbocycles. The van der Waals surface area contributed by atoms with Crippen LogP contribution >= 0.6 is 0 Å². The summed E-state index contributed by atoms with van der Waals surface area (Å²) in [6.45, 7) is 2.76. The van der Waals surface area contributed by atoms with E-state index in [-0.39, 0.29) is 0 Å². The maximum Gasteiger partial charge on any atom is 0.201 e. The lowest BCUT2D eigenvalue weighted by molar-refractivity contribution is 0.764. The quantitative estimate of drug-likeness (QED) is 0.682. The van der Waals surface area contributed by atoms with Gasteiger partial charge in [0, 0.05) is 19.6 Å². The van der Waals surface area contributed by atoms with Crippen LogP contribution < -0.4 is 10.6 Å². The third-order valence-corrected chi connectivity index (χ3v) is 3.75. The van der Waals surface area contributed by atoms with Gasteiger partial charge in [0.2, 0.25) is 5.95 Å². The third kappa shape index (κ3) is 2.04. The van der Waals surface area contributed by atoms with E-state index in [1.807, 2.05) is 24.3 Å². The number of hydrogen-bond acceptors (Lipinski definition) is 3. The molecule has 3 N–H and O–H groups in total. The number of aromatic amines is 1. The number of nitrogens with zero attached hydrogens (tertiary/aromatic N) is 1. The fourth-order valence-electron chi connectivity index (χ4n) is 2.68. The molecule has 4 heteroatoms. The van der Waals surface area contributed by atoms with Crippen LogP contribution in [0.5, 0.6) is 0 Å². The zero-order valence-corrected chi connectivity index (χ0v) is 11.1. The second-order valence-corrected chi connectivity index (χ2v) is 5.16. The van der Waals surface area contributed by atoms with Crippen LogP contribution in [0.4, 0.5) is 5.95 Å². The topological polar surface area (TPSA) is 52.7 Å². The van der Waals surface area contributed by atoms with E-state index in [2.05, 4.69) is 38.8 Å². The summed E-state index contributed by atoms with van der Waals surface area (Å²) in [7, 11) is 0. The van der Waals surface area contributed by atoms with Crippen molar-refractivity contribution in [1.29, 1.82) is 0 Å². The molecule has 0 unspecified atom stereocenters. The first kappa shape index (κ1) is 11.5. The summed E-state index contributed by atoms with van der Waals surface area (Å²) in [5.74, 6) is 0.824. The maximum atomic E-state index is 4.52. The fraction of sp³-hybridized carbons (Fsp3) is 0.188. The molecule has 0 saturated heterocycles. The minimum atomic E-state index is 0.785. The molecule has 0 fully saturated rings. The van der Waals surface area contributed by atoms with Crippen LogP contribution in [-0.4, -0.2) is 9.97 Å². The third-order valence-electron chi connectivity index (χ3n) is 3.75. The van der Waals surface area contributed by atoms with Crippen molar-refractivity contribution in [3.8, 4) is 0 Å². The number of H-pyrrole nitrogens is 1. The van der Waals surface area contributed by atoms with Gasteiger partial charge in [0.15, 0.2) is 0 Å². The van der Waals surface area contributed by atoms with Gasteiger partial charge < -0.3 is 15.6 Å². The summed E-state index contributed by atoms with van der Waals surface area (Å²) in [4.78, 5) is 7.80. The second kappa shape index (κ2) is 4.65. The van der Waals surface area contributed by atoms with E-state index < -0.39 is 0 Å². The van der Waals surface area contributed by atoms with Crippen molar-refractivity contribution >= 4 is 17.0 Å². The first-order valence-electron chi connectivity index (χ1n) is 6.88. The summed E-state index contributed by atoms with van der Waals surface area (Å²) in [5.41, 5.74) is 6.17. The number of nitrogens with one attached hydrogen (secondary N) is 3. The summed E-state index contributed by atoms with van der Waals surface area (Å²) < 4.78 is 0. The largest absolute Gasteiger partial charge is 0.352 e. The van der Waals surface area contributed by atoms with Gasteiger partial charge in [-0.2, -0.15) is 0 Å². The highest BCUT2D eigenvalue weighted by Gasteiger charge is 2.10. The maximum absolute atomic E-state index is 4.52. The molecular weight excluding hydrogens is 248 g/mol. The number of anilines is 1. The minimum absolute atomic E-state index is 0.785. The highest BCUT2D eigenvalue weighted by Crippen LogP contribution is 2.18. The highest BCUT2D eigenvalue weighted by molar-refractivity contribution is 5.77. The Kier molecular flexibility index (Phi) is 2.67. The lowest BCUT2D eigenvalue weighted by atomic mass is 10.1. The van der Waals surface area contributed by atoms with Crippen LogP contribution in [0.3, 0.4) is 0 Å². The minimum Gasteiger partial charge on any atom is -0.352 e. The smallest absolute Gasteiger partial charge is 0.201 e. The van der Waals surface area contributed by atoms with Crippen molar-refractivity contribution < 1.29 is 0 Å². The molecule has 0 bridgehead atoms. The highest BCUT2D eigenvalue weighted by atomic mass is 15.1. The van der Waals surface area contributed by atoms with Gasteiger partial charge >= 0.3 is 0 Å². The molecule has 4 rings (SSSR count). The Morgan fingerprint density at radius 3 is 2.90 bits per heavy atom. The average molecular weight is 264 g/mol. The molecule has 100 valence electrons. The van der Waals surface area contributed by atoms with Gasteiger partial charge in [-0.1, -0.05) is 30.3 Å². The number of benzene rings is 2. The fourth-order valence-corrected chi connectivity index (χ4v) is 2.68. The van der Waals surface area contributed by atoms with Gasteiger partial charge in [-0.3, -0.25) is 0 Å². The normalized spacial score (nSPS) is 13.6. The Balaban J connectivity index is 1.52. The lowest BCUT2D eigenvalue weighted by Crippen LogP contribution is -2.01. The van der Waals surface area contributed by atoms with Gasteiger partial charge in [0.25, 0.3) is 0 Å². The lowest BCUT2D eigenvalue weighted by Gasteiger charge is -2.05. The molecule has 2 heterocycles. The Labute approximate surface area is 117 Å². The van der Waals surface area contributed by atoms with Gasteiger partial charge in [-0.15, -0.1) is 0 Å². The van der Waals surface area contributed by atoms with Gasteiger partial charge in [0.1, 0.15) is 0 Å². The summed E-state index contributed by atoms with van der Waals surface area (Å²) in [5, 5.41) is 6.72. The number of fused-ring (bicyclic) bond motifs is 2. The zero-order valence-electron chi connectivity index (χ0n) is 11.1. The molecular formula is C16H16N4. The van der Waals surface area contributed by atoms with E-state index in [0.29, 0.717) is 0 Å². The first-order chi connectivity index (χ1) is 9.88. The van der Waals surface area contributed by atoms with E-state index in [9.17, 15) is 0 Å². The van der Waals surface area contributed by atoms with Crippen molar-refractivity contribution in [2.45, 2.75) is 19.6 Å². The van der Waals surface area contributed by atoms with E-state index in [0.717, 1.165) is 36.6 Å². The van der Waals surface area contributed by atoms with E-state index in [4.69, 9.17) is 0 Å². The number of hydrogen-bond donors (Lipinski definition) is 3. The van der Waals surface area contributed by atoms with Crippen LogP contribution in [-0.2, 0) is 19.6 Å².